The van der Waals surface area contributed by atoms with Crippen LogP contribution in [0.4, 0.5) is 0 Å². The summed E-state index contributed by atoms with van der Waals surface area (Å²) in [6, 6.07) is 3.40. The first kappa shape index (κ1) is 24.5. The molecule has 0 aliphatic rings. The van der Waals surface area contributed by atoms with Crippen LogP contribution < -0.4 is 0 Å². The Bertz CT molecular complexity index is 829. The van der Waals surface area contributed by atoms with Crippen LogP contribution in [0.1, 0.15) is 20.7 Å². The van der Waals surface area contributed by atoms with Crippen LogP contribution in [0.2, 0.25) is 0 Å². The van der Waals surface area contributed by atoms with Crippen molar-refractivity contribution in [3.05, 3.63) is 35.4 Å². The van der Waals surface area contributed by atoms with E-state index in [0.717, 1.165) is 24.3 Å². The van der Waals surface area contributed by atoms with Crippen molar-refractivity contribution in [3.8, 4) is 34.5 Å². The van der Waals surface area contributed by atoms with Gasteiger partial charge >= 0.3 is 11.9 Å². The molecule has 0 aromatic heterocycles. The number of halogens is 1. The van der Waals surface area contributed by atoms with Gasteiger partial charge in [-0.3, -0.25) is 0 Å². The van der Waals surface area contributed by atoms with Crippen molar-refractivity contribution in [2.75, 3.05) is 20.6 Å². The number of benzene rings is 2. The summed E-state index contributed by atoms with van der Waals surface area (Å²) < 4.78 is 10.1. The van der Waals surface area contributed by atoms with E-state index in [2.05, 4.69) is 0 Å². The molecule has 12 heteroatoms. The predicted octanol–water partition coefficient (Wildman–Crippen LogP) is 1.24. The summed E-state index contributed by atoms with van der Waals surface area (Å²) in [5, 5.41) is 56.7. The summed E-state index contributed by atoms with van der Waals surface area (Å²) >= 11 is 0. The van der Waals surface area contributed by atoms with E-state index in [4.69, 9.17) is 9.47 Å². The normalized spacial score (nSPS) is 10.5. The summed E-state index contributed by atoms with van der Waals surface area (Å²) in [6.45, 7) is -0.0798. The van der Waals surface area contributed by atoms with E-state index >= 15 is 0 Å². The number of hydrogen-bond acceptors (Lipinski definition) is 11. The molecular formula is C18H20ClNO10. The van der Waals surface area contributed by atoms with Gasteiger partial charge in [0.25, 0.3) is 6.29 Å². The lowest BCUT2D eigenvalue weighted by Gasteiger charge is -2.21. The van der Waals surface area contributed by atoms with E-state index in [-0.39, 0.29) is 30.1 Å². The summed E-state index contributed by atoms with van der Waals surface area (Å²) in [6.07, 6.45) is -1.46. The molecule has 0 fully saturated rings. The van der Waals surface area contributed by atoms with Crippen LogP contribution in [-0.2, 0) is 9.47 Å². The second kappa shape index (κ2) is 9.76. The average Bonchev–Trinajstić information content (AvgIpc) is 2.62. The van der Waals surface area contributed by atoms with Gasteiger partial charge in [0.05, 0.1) is 17.7 Å². The Morgan fingerprint density at radius 1 is 0.767 bits per heavy atom. The van der Waals surface area contributed by atoms with Gasteiger partial charge in [0.15, 0.2) is 34.5 Å². The molecule has 0 bridgehead atoms. The maximum Gasteiger partial charge on any atom is 0.341 e. The highest BCUT2D eigenvalue weighted by Crippen LogP contribution is 2.36. The van der Waals surface area contributed by atoms with Crippen molar-refractivity contribution in [3.63, 3.8) is 0 Å². The number of likely N-dealkylation sites (N-methyl/N-ethyl adjacent to an activating group) is 1. The van der Waals surface area contributed by atoms with Gasteiger partial charge in [-0.25, -0.2) is 9.59 Å². The second-order valence-electron chi connectivity index (χ2n) is 6.23. The van der Waals surface area contributed by atoms with E-state index in [1.165, 1.54) is 4.90 Å². The summed E-state index contributed by atoms with van der Waals surface area (Å²) in [5.41, 5.74) is -0.643. The number of phenols is 6. The van der Waals surface area contributed by atoms with Crippen molar-refractivity contribution in [1.82, 2.24) is 4.90 Å². The molecule has 0 heterocycles. The lowest BCUT2D eigenvalue weighted by molar-refractivity contribution is -0.0876. The number of esters is 2. The molecule has 30 heavy (non-hydrogen) atoms. The summed E-state index contributed by atoms with van der Waals surface area (Å²) in [4.78, 5) is 26.1. The fourth-order valence-electron chi connectivity index (χ4n) is 2.22. The van der Waals surface area contributed by atoms with Gasteiger partial charge < -0.3 is 45.0 Å². The zero-order chi connectivity index (χ0) is 21.9. The van der Waals surface area contributed by atoms with Crippen molar-refractivity contribution in [1.29, 1.82) is 0 Å². The molecule has 2 rings (SSSR count). The van der Waals surface area contributed by atoms with Gasteiger partial charge in [0, 0.05) is 0 Å². The quantitative estimate of drug-likeness (QED) is 0.214. The van der Waals surface area contributed by atoms with Crippen LogP contribution in [-0.4, -0.2) is 74.4 Å². The second-order valence-corrected chi connectivity index (χ2v) is 6.23. The first-order valence-electron chi connectivity index (χ1n) is 8.06. The van der Waals surface area contributed by atoms with Crippen LogP contribution in [0, 0.1) is 0 Å². The van der Waals surface area contributed by atoms with Crippen LogP contribution in [0.15, 0.2) is 24.3 Å². The highest BCUT2D eigenvalue weighted by atomic mass is 35.5. The molecule has 0 saturated carbocycles. The smallest absolute Gasteiger partial charge is 0.341 e. The first-order chi connectivity index (χ1) is 13.5. The van der Waals surface area contributed by atoms with Gasteiger partial charge in [0.2, 0.25) is 0 Å². The van der Waals surface area contributed by atoms with Gasteiger partial charge in [-0.1, -0.05) is 0 Å². The molecule has 0 atom stereocenters. The Labute approximate surface area is 176 Å². The molecule has 2 aromatic carbocycles. The number of phenolic OH excluding ortho intramolecular Hbond substituents is 6. The average molecular weight is 446 g/mol. The van der Waals surface area contributed by atoms with E-state index in [0.29, 0.717) is 0 Å². The SMILES string of the molecule is CN(C)CC(OC(=O)c1cc(O)c(O)c(O)c1)OC(=O)c1cc(O)c(O)c(O)c1.Cl. The fourth-order valence-corrected chi connectivity index (χ4v) is 2.22. The Kier molecular flexibility index (Phi) is 7.96. The largest absolute Gasteiger partial charge is 0.504 e. The van der Waals surface area contributed by atoms with Crippen molar-refractivity contribution in [2.24, 2.45) is 0 Å². The molecule has 0 aliphatic carbocycles. The first-order valence-corrected chi connectivity index (χ1v) is 8.06. The maximum absolute atomic E-state index is 12.3. The van der Waals surface area contributed by atoms with Gasteiger partial charge in [-0.15, -0.1) is 12.4 Å². The Morgan fingerprint density at radius 2 is 1.07 bits per heavy atom. The number of rotatable bonds is 6. The lowest BCUT2D eigenvalue weighted by Crippen LogP contribution is -2.34. The fraction of sp³-hybridized carbons (Fsp3) is 0.222. The number of carbonyl (C=O) groups is 2. The van der Waals surface area contributed by atoms with Gasteiger partial charge in [-0.05, 0) is 38.4 Å². The third-order valence-electron chi connectivity index (χ3n) is 3.60. The monoisotopic (exact) mass is 445 g/mol. The summed E-state index contributed by atoms with van der Waals surface area (Å²) in [5.74, 6) is -6.81. The van der Waals surface area contributed by atoms with Crippen molar-refractivity contribution < 1.29 is 49.7 Å². The molecule has 0 saturated heterocycles. The third kappa shape index (κ3) is 5.72. The molecule has 164 valence electrons. The van der Waals surface area contributed by atoms with Crippen LogP contribution in [0.25, 0.3) is 0 Å². The third-order valence-corrected chi connectivity index (χ3v) is 3.60. The number of nitrogens with zero attached hydrogens (tertiary/aromatic N) is 1. The van der Waals surface area contributed by atoms with Gasteiger partial charge in [-0.2, -0.15) is 0 Å². The Hall–Kier alpha value is -3.57. The minimum Gasteiger partial charge on any atom is -0.504 e. The van der Waals surface area contributed by atoms with E-state index < -0.39 is 52.7 Å². The lowest BCUT2D eigenvalue weighted by atomic mass is 10.2. The number of hydrogen-bond donors (Lipinski definition) is 6. The van der Waals surface area contributed by atoms with E-state index in [1.54, 1.807) is 14.1 Å². The van der Waals surface area contributed by atoms with Gasteiger partial charge in [0.1, 0.15) is 0 Å². The minimum absolute atomic E-state index is 0. The topological polar surface area (TPSA) is 177 Å². The highest BCUT2D eigenvalue weighted by Gasteiger charge is 2.24. The molecular weight excluding hydrogens is 426 g/mol. The standard InChI is InChI=1S/C18H19NO10.ClH/c1-19(2)7-14(28-17(26)8-3-10(20)15(24)11(21)4-8)29-18(27)9-5-12(22)16(25)13(23)6-9;/h3-6,14,20-25H,7H2,1-2H3;1H. The number of ether oxygens (including phenoxy) is 2. The predicted molar refractivity (Wildman–Crippen MR) is 103 cm³/mol. The molecule has 0 radical (unpaired) electrons. The van der Waals surface area contributed by atoms with Crippen LogP contribution >= 0.6 is 12.4 Å². The van der Waals surface area contributed by atoms with Crippen LogP contribution in [0.5, 0.6) is 34.5 Å². The minimum atomic E-state index is -1.46. The summed E-state index contributed by atoms with van der Waals surface area (Å²) in [7, 11) is 3.20. The van der Waals surface area contributed by atoms with Crippen molar-refractivity contribution >= 4 is 24.3 Å². The number of carbonyl (C=O) groups excluding carboxylic acids is 2. The Morgan fingerprint density at radius 3 is 1.33 bits per heavy atom. The van der Waals surface area contributed by atoms with E-state index in [1.807, 2.05) is 0 Å². The molecule has 0 aliphatic heterocycles. The number of aromatic hydroxyl groups is 6. The van der Waals surface area contributed by atoms with E-state index in [9.17, 15) is 40.2 Å². The molecule has 2 aromatic rings. The zero-order valence-corrected chi connectivity index (χ0v) is 16.6. The molecule has 11 nitrogen and oxygen atoms in total. The Balaban J connectivity index is 0.00000450. The molecule has 0 spiro atoms. The van der Waals surface area contributed by atoms with Crippen LogP contribution in [0.3, 0.4) is 0 Å². The molecule has 6 N–H and O–H groups in total. The zero-order valence-electron chi connectivity index (χ0n) is 15.8. The molecule has 0 amide bonds. The maximum atomic E-state index is 12.3. The highest BCUT2D eigenvalue weighted by molar-refractivity contribution is 5.92. The molecule has 0 unspecified atom stereocenters. The van der Waals surface area contributed by atoms with Crippen molar-refractivity contribution in [2.45, 2.75) is 6.29 Å².